The van der Waals surface area contributed by atoms with Gasteiger partial charge in [0.15, 0.2) is 5.82 Å². The molecule has 1 amide bonds. The van der Waals surface area contributed by atoms with Crippen LogP contribution in [0.25, 0.3) is 10.2 Å². The molecule has 0 aliphatic rings. The fraction of sp³-hybridized carbons (Fsp3) is 0.0714. The molecule has 0 atom stereocenters. The van der Waals surface area contributed by atoms with E-state index < -0.39 is 0 Å². The summed E-state index contributed by atoms with van der Waals surface area (Å²) in [6, 6.07) is 9.21. The number of nitrogens with one attached hydrogen (secondary N) is 2. The van der Waals surface area contributed by atoms with Crippen LogP contribution in [0.15, 0.2) is 42.0 Å². The van der Waals surface area contributed by atoms with E-state index >= 15 is 0 Å². The van der Waals surface area contributed by atoms with E-state index in [2.05, 4.69) is 20.6 Å². The maximum atomic E-state index is 11.5. The van der Waals surface area contributed by atoms with E-state index in [1.807, 2.05) is 23.6 Å². The summed E-state index contributed by atoms with van der Waals surface area (Å²) in [4.78, 5) is 19.9. The van der Waals surface area contributed by atoms with Crippen LogP contribution < -0.4 is 10.6 Å². The summed E-state index contributed by atoms with van der Waals surface area (Å²) < 4.78 is 1.02. The highest BCUT2D eigenvalue weighted by Gasteiger charge is 2.06. The molecule has 2 aromatic heterocycles. The van der Waals surface area contributed by atoms with Gasteiger partial charge in [0.1, 0.15) is 6.33 Å². The molecular weight excluding hydrogens is 272 g/mol. The molecule has 100 valence electrons. The van der Waals surface area contributed by atoms with Gasteiger partial charge < -0.3 is 10.6 Å². The third kappa shape index (κ3) is 2.33. The number of nitrogens with zero attached hydrogens (tertiary/aromatic N) is 2. The van der Waals surface area contributed by atoms with E-state index in [1.165, 1.54) is 6.33 Å². The molecule has 0 unspecified atom stereocenters. The number of hydrogen-bond donors (Lipinski definition) is 2. The molecule has 0 aliphatic carbocycles. The molecule has 2 N–H and O–H groups in total. The van der Waals surface area contributed by atoms with Crippen molar-refractivity contribution in [3.63, 3.8) is 0 Å². The topological polar surface area (TPSA) is 66.9 Å². The molecule has 0 saturated heterocycles. The largest absolute Gasteiger partial charge is 0.355 e. The predicted octanol–water partition coefficient (Wildman–Crippen LogP) is 2.79. The molecule has 0 bridgehead atoms. The zero-order valence-corrected chi connectivity index (χ0v) is 11.6. The first-order valence-corrected chi connectivity index (χ1v) is 6.93. The van der Waals surface area contributed by atoms with E-state index in [9.17, 15) is 4.79 Å². The van der Waals surface area contributed by atoms with Gasteiger partial charge in [-0.05, 0) is 35.7 Å². The quantitative estimate of drug-likeness (QED) is 0.776. The van der Waals surface area contributed by atoms with E-state index in [0.717, 1.165) is 21.7 Å². The summed E-state index contributed by atoms with van der Waals surface area (Å²) in [5, 5.41) is 7.82. The van der Waals surface area contributed by atoms with E-state index in [0.29, 0.717) is 5.56 Å². The van der Waals surface area contributed by atoms with Crippen LogP contribution in [-0.2, 0) is 0 Å². The van der Waals surface area contributed by atoms with Gasteiger partial charge >= 0.3 is 0 Å². The van der Waals surface area contributed by atoms with Gasteiger partial charge in [0.2, 0.25) is 0 Å². The standard InChI is InChI=1S/C14H12N4OS/c1-15-14(19)9-2-4-10(5-3-9)18-13-12-11(6-7-20-12)16-8-17-13/h2-8H,1H3,(H,15,19)(H,16,17,18). The molecule has 1 aromatic carbocycles. The number of rotatable bonds is 3. The molecule has 6 heteroatoms. The van der Waals surface area contributed by atoms with Crippen molar-refractivity contribution in [1.29, 1.82) is 0 Å². The van der Waals surface area contributed by atoms with Gasteiger partial charge in [0.05, 0.1) is 10.2 Å². The van der Waals surface area contributed by atoms with Crippen LogP contribution in [0.2, 0.25) is 0 Å². The fourth-order valence-corrected chi connectivity index (χ4v) is 2.65. The Kier molecular flexibility index (Phi) is 3.30. The second-order valence-electron chi connectivity index (χ2n) is 4.14. The summed E-state index contributed by atoms with van der Waals surface area (Å²) in [6.45, 7) is 0. The highest BCUT2D eigenvalue weighted by molar-refractivity contribution is 7.17. The highest BCUT2D eigenvalue weighted by Crippen LogP contribution is 2.27. The lowest BCUT2D eigenvalue weighted by Crippen LogP contribution is -2.17. The first kappa shape index (κ1) is 12.6. The highest BCUT2D eigenvalue weighted by atomic mass is 32.1. The van der Waals surface area contributed by atoms with Crippen LogP contribution in [0.3, 0.4) is 0 Å². The Balaban J connectivity index is 1.88. The molecule has 20 heavy (non-hydrogen) atoms. The van der Waals surface area contributed by atoms with E-state index in [1.54, 1.807) is 30.5 Å². The summed E-state index contributed by atoms with van der Waals surface area (Å²) in [5.41, 5.74) is 2.43. The first-order valence-electron chi connectivity index (χ1n) is 6.05. The van der Waals surface area contributed by atoms with Gasteiger partial charge in [-0.25, -0.2) is 9.97 Å². The van der Waals surface area contributed by atoms with Crippen LogP contribution >= 0.6 is 11.3 Å². The zero-order chi connectivity index (χ0) is 13.9. The zero-order valence-electron chi connectivity index (χ0n) is 10.8. The maximum absolute atomic E-state index is 11.5. The van der Waals surface area contributed by atoms with Gasteiger partial charge in [0.25, 0.3) is 5.91 Å². The van der Waals surface area contributed by atoms with Crippen LogP contribution in [-0.4, -0.2) is 22.9 Å². The minimum absolute atomic E-state index is 0.0979. The molecule has 0 radical (unpaired) electrons. The summed E-state index contributed by atoms with van der Waals surface area (Å²) >= 11 is 1.59. The minimum Gasteiger partial charge on any atom is -0.355 e. The number of aromatic nitrogens is 2. The van der Waals surface area contributed by atoms with Crippen molar-refractivity contribution in [2.45, 2.75) is 0 Å². The molecule has 5 nitrogen and oxygen atoms in total. The van der Waals surface area contributed by atoms with Crippen LogP contribution in [0.5, 0.6) is 0 Å². The number of anilines is 2. The third-order valence-electron chi connectivity index (χ3n) is 2.88. The molecule has 0 spiro atoms. The van der Waals surface area contributed by atoms with Crippen molar-refractivity contribution in [3.8, 4) is 0 Å². The van der Waals surface area contributed by atoms with Crippen molar-refractivity contribution in [2.24, 2.45) is 0 Å². The van der Waals surface area contributed by atoms with Crippen molar-refractivity contribution in [2.75, 3.05) is 12.4 Å². The second-order valence-corrected chi connectivity index (χ2v) is 5.05. The van der Waals surface area contributed by atoms with Gasteiger partial charge in [-0.15, -0.1) is 11.3 Å². The number of carbonyl (C=O) groups is 1. The molecule has 3 rings (SSSR count). The SMILES string of the molecule is CNC(=O)c1ccc(Nc2ncnc3ccsc23)cc1. The number of amides is 1. The van der Waals surface area contributed by atoms with Crippen molar-refractivity contribution in [3.05, 3.63) is 47.6 Å². The minimum atomic E-state index is -0.0979. The van der Waals surface area contributed by atoms with E-state index in [4.69, 9.17) is 0 Å². The smallest absolute Gasteiger partial charge is 0.251 e. The predicted molar refractivity (Wildman–Crippen MR) is 80.5 cm³/mol. The number of fused-ring (bicyclic) bond motifs is 1. The number of thiophene rings is 1. The number of hydrogen-bond acceptors (Lipinski definition) is 5. The Labute approximate surface area is 119 Å². The Bertz CT molecular complexity index is 751. The van der Waals surface area contributed by atoms with Crippen molar-refractivity contribution < 1.29 is 4.79 Å². The average Bonchev–Trinajstić information content (AvgIpc) is 2.97. The normalized spacial score (nSPS) is 10.4. The fourth-order valence-electron chi connectivity index (χ4n) is 1.86. The Morgan fingerprint density at radius 3 is 2.70 bits per heavy atom. The molecule has 0 fully saturated rings. The third-order valence-corrected chi connectivity index (χ3v) is 3.79. The van der Waals surface area contributed by atoms with Gasteiger partial charge in [-0.2, -0.15) is 0 Å². The Morgan fingerprint density at radius 2 is 1.95 bits per heavy atom. The summed E-state index contributed by atoms with van der Waals surface area (Å²) in [5.74, 6) is 0.678. The second kappa shape index (κ2) is 5.26. The number of carbonyl (C=O) groups excluding carboxylic acids is 1. The molecule has 3 aromatic rings. The molecule has 0 aliphatic heterocycles. The molecular formula is C14H12N4OS. The van der Waals surface area contributed by atoms with Crippen molar-refractivity contribution >= 4 is 39.0 Å². The summed E-state index contributed by atoms with van der Waals surface area (Å²) in [6.07, 6.45) is 1.54. The van der Waals surface area contributed by atoms with Gasteiger partial charge in [-0.3, -0.25) is 4.79 Å². The first-order chi connectivity index (χ1) is 9.78. The van der Waals surface area contributed by atoms with Crippen LogP contribution in [0.1, 0.15) is 10.4 Å². The lowest BCUT2D eigenvalue weighted by atomic mass is 10.2. The molecule has 2 heterocycles. The van der Waals surface area contributed by atoms with Crippen molar-refractivity contribution in [1.82, 2.24) is 15.3 Å². The molecule has 0 saturated carbocycles. The van der Waals surface area contributed by atoms with E-state index in [-0.39, 0.29) is 5.91 Å². The van der Waals surface area contributed by atoms with Gasteiger partial charge in [-0.1, -0.05) is 0 Å². The lowest BCUT2D eigenvalue weighted by Gasteiger charge is -2.07. The average molecular weight is 284 g/mol. The van der Waals surface area contributed by atoms with Crippen LogP contribution in [0, 0.1) is 0 Å². The summed E-state index contributed by atoms with van der Waals surface area (Å²) in [7, 11) is 1.61. The maximum Gasteiger partial charge on any atom is 0.251 e. The number of benzene rings is 1. The Hall–Kier alpha value is -2.47. The van der Waals surface area contributed by atoms with Crippen LogP contribution in [0.4, 0.5) is 11.5 Å². The Morgan fingerprint density at radius 1 is 1.15 bits per heavy atom. The monoisotopic (exact) mass is 284 g/mol. The lowest BCUT2D eigenvalue weighted by molar-refractivity contribution is 0.0963. The van der Waals surface area contributed by atoms with Gasteiger partial charge in [0, 0.05) is 18.3 Å².